The molecule has 1 aromatic rings. The van der Waals surface area contributed by atoms with Crippen molar-refractivity contribution in [2.75, 3.05) is 5.75 Å². The van der Waals surface area contributed by atoms with E-state index in [1.165, 1.54) is 4.90 Å². The van der Waals surface area contributed by atoms with E-state index in [1.807, 2.05) is 31.2 Å². The summed E-state index contributed by atoms with van der Waals surface area (Å²) in [5.41, 5.74) is 6.88. The van der Waals surface area contributed by atoms with Crippen LogP contribution in [0.15, 0.2) is 29.2 Å². The third-order valence-corrected chi connectivity index (χ3v) is 3.66. The molecule has 0 aliphatic heterocycles. The fraction of sp³-hybridized carbons (Fsp3) is 0.462. The fourth-order valence-corrected chi connectivity index (χ4v) is 2.43. The molecule has 0 aliphatic carbocycles. The molecule has 2 atom stereocenters. The summed E-state index contributed by atoms with van der Waals surface area (Å²) in [5.74, 6) is -0.315. The number of hydrogen-bond acceptors (Lipinski definition) is 3. The molecule has 0 aromatic heterocycles. The third-order valence-electron chi connectivity index (χ3n) is 2.77. The van der Waals surface area contributed by atoms with Crippen LogP contribution in [0.1, 0.15) is 31.9 Å². The summed E-state index contributed by atoms with van der Waals surface area (Å²) in [6.07, 6.45) is 0.544. The third kappa shape index (κ3) is 3.75. The second-order valence-electron chi connectivity index (χ2n) is 3.88. The molecule has 94 valence electrons. The summed E-state index contributed by atoms with van der Waals surface area (Å²) in [7, 11) is 0. The van der Waals surface area contributed by atoms with Gasteiger partial charge in [0.1, 0.15) is 0 Å². The molecule has 0 radical (unpaired) electrons. The summed E-state index contributed by atoms with van der Waals surface area (Å²) in [4.78, 5) is 12.2. The first-order chi connectivity index (χ1) is 8.10. The molecule has 0 bridgehead atoms. The quantitative estimate of drug-likeness (QED) is 0.765. The highest BCUT2D eigenvalue weighted by Crippen LogP contribution is 2.25. The zero-order chi connectivity index (χ0) is 12.8. The van der Waals surface area contributed by atoms with Gasteiger partial charge in [-0.25, -0.2) is 0 Å². The van der Waals surface area contributed by atoms with Gasteiger partial charge >= 0.3 is 5.97 Å². The first-order valence-electron chi connectivity index (χ1n) is 5.81. The molecule has 0 fully saturated rings. The zero-order valence-electron chi connectivity index (χ0n) is 10.2. The van der Waals surface area contributed by atoms with Crippen molar-refractivity contribution in [3.8, 4) is 0 Å². The second kappa shape index (κ2) is 6.67. The molecular weight excluding hydrogens is 234 g/mol. The van der Waals surface area contributed by atoms with Gasteiger partial charge in [0.25, 0.3) is 0 Å². The molecule has 0 saturated heterocycles. The minimum absolute atomic E-state index is 0.432. The lowest BCUT2D eigenvalue weighted by Gasteiger charge is -2.19. The van der Waals surface area contributed by atoms with Crippen molar-refractivity contribution in [3.63, 3.8) is 0 Å². The maximum absolute atomic E-state index is 11.0. The van der Waals surface area contributed by atoms with Gasteiger partial charge in [-0.3, -0.25) is 4.79 Å². The van der Waals surface area contributed by atoms with Gasteiger partial charge in [0.15, 0.2) is 0 Å². The Balaban J connectivity index is 2.81. The maximum Gasteiger partial charge on any atom is 0.308 e. The topological polar surface area (TPSA) is 63.3 Å². The first-order valence-corrected chi connectivity index (χ1v) is 6.79. The van der Waals surface area contributed by atoms with Crippen molar-refractivity contribution in [1.82, 2.24) is 0 Å². The van der Waals surface area contributed by atoms with Crippen LogP contribution in [-0.2, 0) is 4.79 Å². The molecule has 0 aliphatic rings. The summed E-state index contributed by atoms with van der Waals surface area (Å²) in [5, 5.41) is 9.06. The molecule has 0 amide bonds. The van der Waals surface area contributed by atoms with E-state index in [1.54, 1.807) is 11.8 Å². The number of aliphatic carboxylic acids is 1. The Labute approximate surface area is 106 Å². The summed E-state index contributed by atoms with van der Waals surface area (Å²) in [6, 6.07) is 7.41. The van der Waals surface area contributed by atoms with Crippen LogP contribution >= 0.6 is 11.8 Å². The molecule has 1 aromatic carbocycles. The van der Waals surface area contributed by atoms with Gasteiger partial charge in [-0.15, -0.1) is 11.8 Å². The fourth-order valence-electron chi connectivity index (χ4n) is 1.77. The Bertz CT molecular complexity index is 364. The van der Waals surface area contributed by atoms with Crippen molar-refractivity contribution < 1.29 is 9.90 Å². The van der Waals surface area contributed by atoms with Gasteiger partial charge in [-0.05, 0) is 29.9 Å². The zero-order valence-corrected chi connectivity index (χ0v) is 11.0. The highest BCUT2D eigenvalue weighted by molar-refractivity contribution is 7.99. The van der Waals surface area contributed by atoms with Crippen LogP contribution in [0.2, 0.25) is 0 Å². The number of carboxylic acid groups (broad SMARTS) is 1. The predicted molar refractivity (Wildman–Crippen MR) is 71.2 cm³/mol. The summed E-state index contributed by atoms with van der Waals surface area (Å²) in [6.45, 7) is 3.95. The molecule has 3 N–H and O–H groups in total. The van der Waals surface area contributed by atoms with Gasteiger partial charge in [0.05, 0.1) is 5.92 Å². The van der Waals surface area contributed by atoms with Crippen molar-refractivity contribution in [3.05, 3.63) is 29.8 Å². The molecule has 0 heterocycles. The number of thioether (sulfide) groups is 1. The molecule has 4 heteroatoms. The molecule has 0 spiro atoms. The van der Waals surface area contributed by atoms with E-state index in [0.29, 0.717) is 6.42 Å². The highest BCUT2D eigenvalue weighted by atomic mass is 32.2. The number of carboxylic acids is 1. The van der Waals surface area contributed by atoms with Crippen molar-refractivity contribution in [2.45, 2.75) is 31.2 Å². The van der Waals surface area contributed by atoms with Crippen LogP contribution in [-0.4, -0.2) is 16.8 Å². The molecule has 0 saturated carbocycles. The molecular formula is C13H19NO2S. The molecule has 3 nitrogen and oxygen atoms in total. The van der Waals surface area contributed by atoms with E-state index in [2.05, 4.69) is 6.92 Å². The lowest BCUT2D eigenvalue weighted by atomic mass is 9.92. The Hall–Kier alpha value is -1.00. The monoisotopic (exact) mass is 253 g/mol. The average Bonchev–Trinajstić information content (AvgIpc) is 2.30. The van der Waals surface area contributed by atoms with E-state index < -0.39 is 17.9 Å². The van der Waals surface area contributed by atoms with Gasteiger partial charge in [0, 0.05) is 10.9 Å². The first kappa shape index (κ1) is 14.1. The van der Waals surface area contributed by atoms with Crippen LogP contribution in [0.25, 0.3) is 0 Å². The smallest absolute Gasteiger partial charge is 0.308 e. The highest BCUT2D eigenvalue weighted by Gasteiger charge is 2.24. The van der Waals surface area contributed by atoms with Crippen LogP contribution in [0.3, 0.4) is 0 Å². The van der Waals surface area contributed by atoms with Crippen molar-refractivity contribution in [2.24, 2.45) is 11.7 Å². The summed E-state index contributed by atoms with van der Waals surface area (Å²) >= 11 is 1.76. The lowest BCUT2D eigenvalue weighted by molar-refractivity contribution is -0.142. The van der Waals surface area contributed by atoms with Crippen LogP contribution in [0.5, 0.6) is 0 Å². The Morgan fingerprint density at radius 3 is 2.35 bits per heavy atom. The van der Waals surface area contributed by atoms with E-state index >= 15 is 0 Å². The van der Waals surface area contributed by atoms with Gasteiger partial charge < -0.3 is 10.8 Å². The number of benzene rings is 1. The Morgan fingerprint density at radius 1 is 1.35 bits per heavy atom. The molecule has 2 unspecified atom stereocenters. The lowest BCUT2D eigenvalue weighted by Crippen LogP contribution is -2.27. The number of hydrogen-bond donors (Lipinski definition) is 2. The normalized spacial score (nSPS) is 14.3. The SMILES string of the molecule is CCSc1ccc(C(N)C(CC)C(=O)O)cc1. The molecule has 17 heavy (non-hydrogen) atoms. The van der Waals surface area contributed by atoms with Gasteiger partial charge in [0.2, 0.25) is 0 Å². The minimum Gasteiger partial charge on any atom is -0.481 e. The predicted octanol–water partition coefficient (Wildman–Crippen LogP) is 2.91. The maximum atomic E-state index is 11.0. The standard InChI is InChI=1S/C13H19NO2S/c1-3-11(13(15)16)12(14)9-5-7-10(8-6-9)17-4-2/h5-8,11-12H,3-4,14H2,1-2H3,(H,15,16). The van der Waals surface area contributed by atoms with Crippen molar-refractivity contribution >= 4 is 17.7 Å². The van der Waals surface area contributed by atoms with E-state index in [-0.39, 0.29) is 0 Å². The van der Waals surface area contributed by atoms with Crippen LogP contribution in [0, 0.1) is 5.92 Å². The van der Waals surface area contributed by atoms with E-state index in [4.69, 9.17) is 10.8 Å². The van der Waals surface area contributed by atoms with Gasteiger partial charge in [-0.2, -0.15) is 0 Å². The Morgan fingerprint density at radius 2 is 1.94 bits per heavy atom. The second-order valence-corrected chi connectivity index (χ2v) is 5.22. The Kier molecular flexibility index (Phi) is 5.51. The number of carbonyl (C=O) groups is 1. The van der Waals surface area contributed by atoms with Gasteiger partial charge in [-0.1, -0.05) is 26.0 Å². The largest absolute Gasteiger partial charge is 0.481 e. The van der Waals surface area contributed by atoms with Crippen molar-refractivity contribution in [1.29, 1.82) is 0 Å². The number of rotatable bonds is 6. The van der Waals surface area contributed by atoms with E-state index in [9.17, 15) is 4.79 Å². The number of nitrogens with two attached hydrogens (primary N) is 1. The van der Waals surface area contributed by atoms with E-state index in [0.717, 1.165) is 11.3 Å². The summed E-state index contributed by atoms with van der Waals surface area (Å²) < 4.78 is 0. The minimum atomic E-state index is -0.827. The average molecular weight is 253 g/mol. The van der Waals surface area contributed by atoms with Crippen LogP contribution in [0.4, 0.5) is 0 Å². The molecule has 1 rings (SSSR count). The van der Waals surface area contributed by atoms with Crippen LogP contribution < -0.4 is 5.73 Å².